The van der Waals surface area contributed by atoms with Crippen molar-refractivity contribution in [3.05, 3.63) is 76.9 Å². The third-order valence-corrected chi connectivity index (χ3v) is 6.45. The molecule has 4 aromatic rings. The average molecular weight is 407 g/mol. The van der Waals surface area contributed by atoms with Gasteiger partial charge in [0.15, 0.2) is 5.58 Å². The molecule has 0 amide bonds. The van der Waals surface area contributed by atoms with E-state index in [1.54, 1.807) is 30.3 Å². The predicted octanol–water partition coefficient (Wildman–Crippen LogP) is 5.53. The minimum absolute atomic E-state index is 0.223. The Morgan fingerprint density at radius 3 is 2.24 bits per heavy atom. The Morgan fingerprint density at radius 2 is 1.52 bits per heavy atom. The largest absolute Gasteiger partial charge is 0.436 e. The molecule has 0 aliphatic heterocycles. The van der Waals surface area contributed by atoms with E-state index in [-0.39, 0.29) is 4.90 Å². The van der Waals surface area contributed by atoms with Crippen LogP contribution in [-0.2, 0) is 10.0 Å². The normalized spacial score (nSPS) is 11.7. The van der Waals surface area contributed by atoms with Gasteiger partial charge in [-0.1, -0.05) is 23.8 Å². The highest BCUT2D eigenvalue weighted by Gasteiger charge is 2.17. The lowest BCUT2D eigenvalue weighted by Gasteiger charge is -2.12. The van der Waals surface area contributed by atoms with E-state index in [9.17, 15) is 8.42 Å². The van der Waals surface area contributed by atoms with Crippen LogP contribution in [0.4, 0.5) is 5.69 Å². The summed E-state index contributed by atoms with van der Waals surface area (Å²) < 4.78 is 34.2. The van der Waals surface area contributed by atoms with Gasteiger partial charge in [-0.3, -0.25) is 4.72 Å². The maximum atomic E-state index is 12.8. The molecule has 0 spiro atoms. The Bertz CT molecular complexity index is 1280. The van der Waals surface area contributed by atoms with Crippen LogP contribution in [0.2, 0.25) is 0 Å². The van der Waals surface area contributed by atoms with Crippen molar-refractivity contribution in [3.63, 3.8) is 0 Å². The van der Waals surface area contributed by atoms with E-state index < -0.39 is 10.0 Å². The monoisotopic (exact) mass is 406 g/mol. The third-order valence-electron chi connectivity index (χ3n) is 5.06. The van der Waals surface area contributed by atoms with Gasteiger partial charge in [0, 0.05) is 5.56 Å². The van der Waals surface area contributed by atoms with Crippen molar-refractivity contribution >= 4 is 26.8 Å². The number of hydrogen-bond acceptors (Lipinski definition) is 4. The summed E-state index contributed by atoms with van der Waals surface area (Å²) in [6.07, 6.45) is 0. The quantitative estimate of drug-likeness (QED) is 0.484. The van der Waals surface area contributed by atoms with Gasteiger partial charge in [-0.2, -0.15) is 0 Å². The molecule has 1 N–H and O–H groups in total. The van der Waals surface area contributed by atoms with Gasteiger partial charge in [0.1, 0.15) is 5.52 Å². The van der Waals surface area contributed by atoms with Crippen molar-refractivity contribution < 1.29 is 12.8 Å². The molecule has 4 rings (SSSR count). The lowest BCUT2D eigenvalue weighted by Crippen LogP contribution is -2.13. The van der Waals surface area contributed by atoms with Gasteiger partial charge in [0.05, 0.1) is 10.6 Å². The van der Waals surface area contributed by atoms with Gasteiger partial charge >= 0.3 is 0 Å². The zero-order valence-electron chi connectivity index (χ0n) is 16.8. The fraction of sp³-hybridized carbons (Fsp3) is 0.174. The molecule has 5 nitrogen and oxygen atoms in total. The number of sulfonamides is 1. The Labute approximate surface area is 170 Å². The number of oxazole rings is 1. The summed E-state index contributed by atoms with van der Waals surface area (Å²) in [6, 6.07) is 16.2. The molecule has 0 atom stereocenters. The van der Waals surface area contributed by atoms with Gasteiger partial charge in [0.25, 0.3) is 10.0 Å². The van der Waals surface area contributed by atoms with Crippen LogP contribution in [0.15, 0.2) is 63.9 Å². The number of hydrogen-bond donors (Lipinski definition) is 1. The Hall–Kier alpha value is -3.12. The van der Waals surface area contributed by atoms with Crippen LogP contribution >= 0.6 is 0 Å². The minimum atomic E-state index is -3.69. The van der Waals surface area contributed by atoms with E-state index in [0.29, 0.717) is 22.7 Å². The lowest BCUT2D eigenvalue weighted by atomic mass is 10.1. The second kappa shape index (κ2) is 7.04. The molecule has 3 aromatic carbocycles. The molecule has 0 saturated heterocycles. The van der Waals surface area contributed by atoms with Crippen LogP contribution < -0.4 is 4.72 Å². The summed E-state index contributed by atoms with van der Waals surface area (Å²) in [5.74, 6) is 0.459. The highest BCUT2D eigenvalue weighted by atomic mass is 32.2. The van der Waals surface area contributed by atoms with Crippen molar-refractivity contribution in [1.82, 2.24) is 4.98 Å². The number of rotatable bonds is 4. The van der Waals surface area contributed by atoms with Crippen molar-refractivity contribution in [2.24, 2.45) is 0 Å². The van der Waals surface area contributed by atoms with Gasteiger partial charge in [0.2, 0.25) is 5.89 Å². The summed E-state index contributed by atoms with van der Waals surface area (Å²) in [5.41, 5.74) is 6.80. The maximum absolute atomic E-state index is 12.8. The van der Waals surface area contributed by atoms with Gasteiger partial charge in [-0.05, 0) is 80.8 Å². The first-order valence-electron chi connectivity index (χ1n) is 9.31. The summed E-state index contributed by atoms with van der Waals surface area (Å²) >= 11 is 0. The van der Waals surface area contributed by atoms with Crippen LogP contribution in [-0.4, -0.2) is 13.4 Å². The molecule has 0 aliphatic carbocycles. The SMILES string of the molecule is Cc1ccc(S(=O)(=O)Nc2cc(-c3nc4cc(C)c(C)cc4o3)ccc2C)cc1. The van der Waals surface area contributed by atoms with Crippen LogP contribution in [0, 0.1) is 27.7 Å². The predicted molar refractivity (Wildman–Crippen MR) is 116 cm³/mol. The molecule has 6 heteroatoms. The molecule has 0 aliphatic rings. The summed E-state index contributed by atoms with van der Waals surface area (Å²) in [4.78, 5) is 4.80. The van der Waals surface area contributed by atoms with E-state index in [2.05, 4.69) is 9.71 Å². The van der Waals surface area contributed by atoms with Crippen LogP contribution in [0.1, 0.15) is 22.3 Å². The number of aryl methyl sites for hydroxylation is 4. The Morgan fingerprint density at radius 1 is 0.828 bits per heavy atom. The molecular weight excluding hydrogens is 384 g/mol. The van der Waals surface area contributed by atoms with Crippen molar-refractivity contribution in [2.75, 3.05) is 4.72 Å². The van der Waals surface area contributed by atoms with E-state index in [1.807, 2.05) is 52.0 Å². The van der Waals surface area contributed by atoms with E-state index >= 15 is 0 Å². The number of fused-ring (bicyclic) bond motifs is 1. The molecule has 0 radical (unpaired) electrons. The summed E-state index contributed by atoms with van der Waals surface area (Å²) in [7, 11) is -3.69. The summed E-state index contributed by atoms with van der Waals surface area (Å²) in [5, 5.41) is 0. The first-order valence-corrected chi connectivity index (χ1v) is 10.8. The van der Waals surface area contributed by atoms with E-state index in [4.69, 9.17) is 4.42 Å². The molecule has 0 unspecified atom stereocenters. The van der Waals surface area contributed by atoms with Gasteiger partial charge < -0.3 is 4.42 Å². The Balaban J connectivity index is 1.72. The zero-order valence-corrected chi connectivity index (χ0v) is 17.6. The number of aromatic nitrogens is 1. The molecular formula is C23H22N2O3S. The second-order valence-electron chi connectivity index (χ2n) is 7.37. The lowest BCUT2D eigenvalue weighted by molar-refractivity contribution is 0.601. The minimum Gasteiger partial charge on any atom is -0.436 e. The van der Waals surface area contributed by atoms with E-state index in [1.165, 1.54) is 0 Å². The molecule has 0 saturated carbocycles. The Kier molecular flexibility index (Phi) is 4.67. The van der Waals surface area contributed by atoms with Crippen LogP contribution in [0.5, 0.6) is 0 Å². The van der Waals surface area contributed by atoms with Gasteiger partial charge in [-0.15, -0.1) is 0 Å². The molecule has 148 valence electrons. The fourth-order valence-corrected chi connectivity index (χ4v) is 4.21. The topological polar surface area (TPSA) is 72.2 Å². The van der Waals surface area contributed by atoms with Crippen molar-refractivity contribution in [2.45, 2.75) is 32.6 Å². The average Bonchev–Trinajstić information content (AvgIpc) is 3.07. The number of benzene rings is 3. The number of nitrogens with zero attached hydrogens (tertiary/aromatic N) is 1. The number of nitrogens with one attached hydrogen (secondary N) is 1. The van der Waals surface area contributed by atoms with Crippen LogP contribution in [0.25, 0.3) is 22.6 Å². The fourth-order valence-electron chi connectivity index (χ4n) is 3.09. The highest BCUT2D eigenvalue weighted by molar-refractivity contribution is 7.92. The first-order chi connectivity index (χ1) is 13.7. The van der Waals surface area contributed by atoms with E-state index in [0.717, 1.165) is 27.8 Å². The first kappa shape index (κ1) is 19.2. The molecule has 1 aromatic heterocycles. The number of anilines is 1. The molecule has 1 heterocycles. The maximum Gasteiger partial charge on any atom is 0.261 e. The molecule has 29 heavy (non-hydrogen) atoms. The smallest absolute Gasteiger partial charge is 0.261 e. The van der Waals surface area contributed by atoms with Crippen molar-refractivity contribution in [1.29, 1.82) is 0 Å². The molecule has 0 fully saturated rings. The zero-order chi connectivity index (χ0) is 20.8. The van der Waals surface area contributed by atoms with Crippen molar-refractivity contribution in [3.8, 4) is 11.5 Å². The highest BCUT2D eigenvalue weighted by Crippen LogP contribution is 2.30. The summed E-state index contributed by atoms with van der Waals surface area (Å²) in [6.45, 7) is 7.84. The molecule has 0 bridgehead atoms. The van der Waals surface area contributed by atoms with Gasteiger partial charge in [-0.25, -0.2) is 13.4 Å². The van der Waals surface area contributed by atoms with Crippen LogP contribution in [0.3, 0.4) is 0 Å². The third kappa shape index (κ3) is 3.76. The second-order valence-corrected chi connectivity index (χ2v) is 9.05. The standard InChI is InChI=1S/C23H22N2O3S/c1-14-5-9-19(10-6-14)29(26,27)25-20-13-18(8-7-15(20)2)23-24-21-11-16(3)17(4)12-22(21)28-23/h5-13,25H,1-4H3.